The molecule has 1 aliphatic rings. The Labute approximate surface area is 137 Å². The Kier molecular flexibility index (Phi) is 7.09. The van der Waals surface area contributed by atoms with Crippen LogP contribution >= 0.6 is 0 Å². The molecular formula is C21H35F. The van der Waals surface area contributed by atoms with Crippen LogP contribution < -0.4 is 0 Å². The largest absolute Gasteiger partial charge is 0.207 e. The summed E-state index contributed by atoms with van der Waals surface area (Å²) in [5.74, 6) is 0.877. The lowest BCUT2D eigenvalue weighted by Crippen LogP contribution is -2.15. The topological polar surface area (TPSA) is 0 Å². The molecule has 0 N–H and O–H groups in total. The maximum atomic E-state index is 12.5. The Morgan fingerprint density at radius 1 is 0.864 bits per heavy atom. The normalized spacial score (nSPS) is 16.9. The summed E-state index contributed by atoms with van der Waals surface area (Å²) in [4.78, 5) is 0. The van der Waals surface area contributed by atoms with Crippen LogP contribution in [0.3, 0.4) is 0 Å². The molecule has 0 saturated heterocycles. The van der Waals surface area contributed by atoms with Gasteiger partial charge in [-0.2, -0.15) is 0 Å². The molecule has 1 aromatic carbocycles. The minimum Gasteiger partial charge on any atom is -0.207 e. The Bertz CT molecular complexity index is 411. The molecule has 22 heavy (non-hydrogen) atoms. The second kappa shape index (κ2) is 8.13. The molecule has 2 rings (SSSR count). The SMILES string of the molecule is CC(C)(C)CC1CCCCC1.CC(C)(C)c1ccc(F)cc1. The first-order valence-corrected chi connectivity index (χ1v) is 8.84. The number of hydrogen-bond acceptors (Lipinski definition) is 0. The lowest BCUT2D eigenvalue weighted by atomic mass is 9.78. The summed E-state index contributed by atoms with van der Waals surface area (Å²) < 4.78 is 12.5. The highest BCUT2D eigenvalue weighted by molar-refractivity contribution is 5.22. The molecule has 0 aromatic heterocycles. The summed E-state index contributed by atoms with van der Waals surface area (Å²) in [5, 5.41) is 0. The van der Waals surface area contributed by atoms with Crippen LogP contribution in [0, 0.1) is 17.2 Å². The van der Waals surface area contributed by atoms with Gasteiger partial charge in [0.2, 0.25) is 0 Å². The van der Waals surface area contributed by atoms with Gasteiger partial charge in [-0.25, -0.2) is 4.39 Å². The molecule has 0 atom stereocenters. The maximum absolute atomic E-state index is 12.5. The van der Waals surface area contributed by atoms with E-state index in [1.807, 2.05) is 12.1 Å². The Hall–Kier alpha value is -0.850. The molecule has 1 aromatic rings. The molecule has 1 fully saturated rings. The summed E-state index contributed by atoms with van der Waals surface area (Å²) in [6, 6.07) is 6.66. The van der Waals surface area contributed by atoms with Gasteiger partial charge >= 0.3 is 0 Å². The summed E-state index contributed by atoms with van der Waals surface area (Å²) in [5.41, 5.74) is 1.84. The summed E-state index contributed by atoms with van der Waals surface area (Å²) >= 11 is 0. The molecule has 1 aliphatic carbocycles. The molecule has 0 nitrogen and oxygen atoms in total. The van der Waals surface area contributed by atoms with Crippen LogP contribution in [-0.4, -0.2) is 0 Å². The van der Waals surface area contributed by atoms with Crippen LogP contribution in [0.5, 0.6) is 0 Å². The number of rotatable bonds is 1. The molecule has 0 radical (unpaired) electrons. The molecule has 126 valence electrons. The van der Waals surface area contributed by atoms with Crippen molar-refractivity contribution in [1.29, 1.82) is 0 Å². The predicted octanol–water partition coefficient (Wildman–Crippen LogP) is 7.13. The van der Waals surface area contributed by atoms with Crippen molar-refractivity contribution in [3.63, 3.8) is 0 Å². The first kappa shape index (κ1) is 19.2. The van der Waals surface area contributed by atoms with E-state index in [1.165, 1.54) is 56.2 Å². The second-order valence-corrected chi connectivity index (χ2v) is 9.03. The van der Waals surface area contributed by atoms with Crippen LogP contribution in [0.2, 0.25) is 0 Å². The molecule has 0 aliphatic heterocycles. The van der Waals surface area contributed by atoms with Gasteiger partial charge in [-0.05, 0) is 40.9 Å². The highest BCUT2D eigenvalue weighted by Gasteiger charge is 2.20. The van der Waals surface area contributed by atoms with Crippen molar-refractivity contribution in [2.75, 3.05) is 0 Å². The molecule has 0 amide bonds. The third-order valence-corrected chi connectivity index (χ3v) is 4.34. The quantitative estimate of drug-likeness (QED) is 0.518. The smallest absolute Gasteiger partial charge is 0.123 e. The predicted molar refractivity (Wildman–Crippen MR) is 95.7 cm³/mol. The van der Waals surface area contributed by atoms with Crippen molar-refractivity contribution in [1.82, 2.24) is 0 Å². The van der Waals surface area contributed by atoms with Crippen LogP contribution in [-0.2, 0) is 5.41 Å². The van der Waals surface area contributed by atoms with Gasteiger partial charge in [0.15, 0.2) is 0 Å². The van der Waals surface area contributed by atoms with E-state index in [9.17, 15) is 4.39 Å². The van der Waals surface area contributed by atoms with Crippen LogP contribution in [0.4, 0.5) is 4.39 Å². The maximum Gasteiger partial charge on any atom is 0.123 e. The van der Waals surface area contributed by atoms with Crippen molar-refractivity contribution in [2.24, 2.45) is 11.3 Å². The molecule has 1 saturated carbocycles. The monoisotopic (exact) mass is 306 g/mol. The van der Waals surface area contributed by atoms with Gasteiger partial charge in [0, 0.05) is 0 Å². The number of hydrogen-bond donors (Lipinski definition) is 0. The zero-order valence-electron chi connectivity index (χ0n) is 15.5. The average molecular weight is 307 g/mol. The van der Waals surface area contributed by atoms with E-state index in [-0.39, 0.29) is 11.2 Å². The molecule has 0 unspecified atom stereocenters. The van der Waals surface area contributed by atoms with Gasteiger partial charge in [0.05, 0.1) is 0 Å². The highest BCUT2D eigenvalue weighted by atomic mass is 19.1. The molecule has 0 heterocycles. The van der Waals surface area contributed by atoms with E-state index in [2.05, 4.69) is 41.5 Å². The fourth-order valence-electron chi connectivity index (χ4n) is 3.21. The van der Waals surface area contributed by atoms with Crippen molar-refractivity contribution in [2.45, 2.75) is 85.5 Å². The zero-order chi connectivity index (χ0) is 16.8. The zero-order valence-corrected chi connectivity index (χ0v) is 15.5. The Morgan fingerprint density at radius 2 is 1.36 bits per heavy atom. The second-order valence-electron chi connectivity index (χ2n) is 9.03. The Balaban J connectivity index is 0.000000220. The van der Waals surface area contributed by atoms with E-state index in [0.717, 1.165) is 5.92 Å². The van der Waals surface area contributed by atoms with Crippen molar-refractivity contribution in [3.8, 4) is 0 Å². The van der Waals surface area contributed by atoms with Gasteiger partial charge in [0.1, 0.15) is 5.82 Å². The highest BCUT2D eigenvalue weighted by Crippen LogP contribution is 2.33. The average Bonchev–Trinajstić information content (AvgIpc) is 2.38. The van der Waals surface area contributed by atoms with E-state index < -0.39 is 0 Å². The molecule has 0 bridgehead atoms. The van der Waals surface area contributed by atoms with Crippen LogP contribution in [0.15, 0.2) is 24.3 Å². The van der Waals surface area contributed by atoms with Gasteiger partial charge < -0.3 is 0 Å². The summed E-state index contributed by atoms with van der Waals surface area (Å²) in [7, 11) is 0. The summed E-state index contributed by atoms with van der Waals surface area (Å²) in [6.07, 6.45) is 8.89. The molecule has 1 heteroatoms. The number of halogens is 1. The third-order valence-electron chi connectivity index (χ3n) is 4.34. The van der Waals surface area contributed by atoms with Crippen LogP contribution in [0.25, 0.3) is 0 Å². The first-order valence-electron chi connectivity index (χ1n) is 8.84. The minimum atomic E-state index is -0.169. The fraction of sp³-hybridized carbons (Fsp3) is 0.714. The minimum absolute atomic E-state index is 0.119. The van der Waals surface area contributed by atoms with E-state index >= 15 is 0 Å². The van der Waals surface area contributed by atoms with Gasteiger partial charge in [-0.15, -0.1) is 0 Å². The van der Waals surface area contributed by atoms with E-state index in [0.29, 0.717) is 5.41 Å². The van der Waals surface area contributed by atoms with E-state index in [4.69, 9.17) is 0 Å². The van der Waals surface area contributed by atoms with Crippen molar-refractivity contribution >= 4 is 0 Å². The van der Waals surface area contributed by atoms with Gasteiger partial charge in [0.25, 0.3) is 0 Å². The van der Waals surface area contributed by atoms with Gasteiger partial charge in [-0.1, -0.05) is 85.8 Å². The third kappa shape index (κ3) is 7.96. The van der Waals surface area contributed by atoms with E-state index in [1.54, 1.807) is 0 Å². The molecule has 0 spiro atoms. The fourth-order valence-corrected chi connectivity index (χ4v) is 3.21. The van der Waals surface area contributed by atoms with Crippen molar-refractivity contribution < 1.29 is 4.39 Å². The van der Waals surface area contributed by atoms with Crippen molar-refractivity contribution in [3.05, 3.63) is 35.6 Å². The first-order chi connectivity index (χ1) is 10.1. The summed E-state index contributed by atoms with van der Waals surface area (Å²) in [6.45, 7) is 13.4. The van der Waals surface area contributed by atoms with Gasteiger partial charge in [-0.3, -0.25) is 0 Å². The number of benzene rings is 1. The standard InChI is InChI=1S/C11H22.C10H13F/c1-11(2,3)9-10-7-5-4-6-8-10;1-10(2,3)8-4-6-9(11)7-5-8/h10H,4-9H2,1-3H3;4-7H,1-3H3. The lowest BCUT2D eigenvalue weighted by Gasteiger charge is -2.28. The Morgan fingerprint density at radius 3 is 1.77 bits per heavy atom. The lowest BCUT2D eigenvalue weighted by molar-refractivity contribution is 0.240. The van der Waals surface area contributed by atoms with Crippen LogP contribution in [0.1, 0.15) is 85.6 Å². The molecular weight excluding hydrogens is 271 g/mol.